The molecule has 104 valence electrons. The van der Waals surface area contributed by atoms with Gasteiger partial charge in [-0.05, 0) is 17.7 Å². The van der Waals surface area contributed by atoms with Crippen LogP contribution < -0.4 is 5.73 Å². The fraction of sp³-hybridized carbons (Fsp3) is 0.250. The van der Waals surface area contributed by atoms with Crippen molar-refractivity contribution in [1.29, 1.82) is 0 Å². The highest BCUT2D eigenvalue weighted by molar-refractivity contribution is 5.85. The summed E-state index contributed by atoms with van der Waals surface area (Å²) < 4.78 is 39.3. The molecule has 0 fully saturated rings. The smallest absolute Gasteiger partial charge is 0.333 e. The molecule has 0 bridgehead atoms. The summed E-state index contributed by atoms with van der Waals surface area (Å²) in [5, 5.41) is 0. The normalized spacial score (nSPS) is 11.2. The predicted molar refractivity (Wildman–Crippen MR) is 67.9 cm³/mol. The van der Waals surface area contributed by atoms with E-state index in [4.69, 9.17) is 5.73 Å². The molecular formula is C12H13ClF3N3. The van der Waals surface area contributed by atoms with Gasteiger partial charge in [-0.3, -0.25) is 0 Å². The lowest BCUT2D eigenvalue weighted by Gasteiger charge is -2.09. The number of imidazole rings is 1. The van der Waals surface area contributed by atoms with E-state index in [-0.39, 0.29) is 12.4 Å². The minimum absolute atomic E-state index is 0. The van der Waals surface area contributed by atoms with Crippen molar-refractivity contribution < 1.29 is 13.2 Å². The van der Waals surface area contributed by atoms with Gasteiger partial charge in [0.15, 0.2) is 0 Å². The van der Waals surface area contributed by atoms with Crippen LogP contribution in [0.4, 0.5) is 13.2 Å². The molecule has 19 heavy (non-hydrogen) atoms. The van der Waals surface area contributed by atoms with Crippen LogP contribution in [-0.2, 0) is 19.3 Å². The summed E-state index contributed by atoms with van der Waals surface area (Å²) >= 11 is 0. The van der Waals surface area contributed by atoms with Crippen LogP contribution in [0.2, 0.25) is 0 Å². The molecule has 3 nitrogen and oxygen atoms in total. The molecule has 0 unspecified atom stereocenters. The molecule has 0 amide bonds. The van der Waals surface area contributed by atoms with Crippen molar-refractivity contribution in [3.05, 3.63) is 53.6 Å². The van der Waals surface area contributed by atoms with Gasteiger partial charge in [-0.2, -0.15) is 13.2 Å². The lowest BCUT2D eigenvalue weighted by atomic mass is 10.1. The molecule has 7 heteroatoms. The van der Waals surface area contributed by atoms with E-state index in [0.717, 1.165) is 12.1 Å². The number of benzene rings is 1. The molecule has 0 spiro atoms. The van der Waals surface area contributed by atoms with Gasteiger partial charge in [0.25, 0.3) is 0 Å². The maximum atomic E-state index is 12.5. The highest BCUT2D eigenvalue weighted by atomic mass is 35.5. The first kappa shape index (κ1) is 15.5. The summed E-state index contributed by atoms with van der Waals surface area (Å²) in [7, 11) is 0. The Kier molecular flexibility index (Phi) is 4.97. The van der Waals surface area contributed by atoms with Crippen LogP contribution in [0.3, 0.4) is 0 Å². The van der Waals surface area contributed by atoms with E-state index in [1.165, 1.54) is 6.07 Å². The van der Waals surface area contributed by atoms with Gasteiger partial charge in [-0.25, -0.2) is 4.98 Å². The summed E-state index contributed by atoms with van der Waals surface area (Å²) in [6.07, 6.45) is -1.03. The van der Waals surface area contributed by atoms with Gasteiger partial charge >= 0.3 is 6.18 Å². The Morgan fingerprint density at radius 2 is 2.00 bits per heavy atom. The van der Waals surface area contributed by atoms with Gasteiger partial charge < -0.3 is 10.3 Å². The molecule has 2 rings (SSSR count). The summed E-state index contributed by atoms with van der Waals surface area (Å²) in [6.45, 7) is 0.659. The third-order valence-corrected chi connectivity index (χ3v) is 2.52. The average Bonchev–Trinajstić information content (AvgIpc) is 2.76. The van der Waals surface area contributed by atoms with Crippen LogP contribution >= 0.6 is 12.4 Å². The second-order valence-electron chi connectivity index (χ2n) is 3.94. The van der Waals surface area contributed by atoms with Crippen molar-refractivity contribution in [1.82, 2.24) is 9.55 Å². The van der Waals surface area contributed by atoms with Gasteiger partial charge in [0, 0.05) is 19.3 Å². The van der Waals surface area contributed by atoms with E-state index in [0.29, 0.717) is 24.3 Å². The third-order valence-electron chi connectivity index (χ3n) is 2.52. The maximum Gasteiger partial charge on any atom is 0.416 e. The van der Waals surface area contributed by atoms with Gasteiger partial charge in [-0.1, -0.05) is 12.1 Å². The molecule has 0 saturated carbocycles. The van der Waals surface area contributed by atoms with Crippen LogP contribution in [0, 0.1) is 0 Å². The van der Waals surface area contributed by atoms with E-state index in [2.05, 4.69) is 4.98 Å². The Balaban J connectivity index is 0.00000180. The van der Waals surface area contributed by atoms with E-state index in [1.807, 2.05) is 0 Å². The second-order valence-corrected chi connectivity index (χ2v) is 3.94. The molecule has 1 heterocycles. The molecule has 0 saturated heterocycles. The first-order valence-corrected chi connectivity index (χ1v) is 5.36. The Bertz CT molecular complexity index is 537. The second kappa shape index (κ2) is 6.08. The zero-order valence-electron chi connectivity index (χ0n) is 9.89. The van der Waals surface area contributed by atoms with E-state index in [1.54, 1.807) is 23.2 Å². The molecule has 0 aliphatic carbocycles. The van der Waals surface area contributed by atoms with Crippen molar-refractivity contribution in [3.8, 4) is 0 Å². The SMILES string of the molecule is Cl.NCc1cn(Cc2cccc(C(F)(F)F)c2)cn1. The van der Waals surface area contributed by atoms with Gasteiger partial charge in [0.2, 0.25) is 0 Å². The molecule has 0 aliphatic heterocycles. The third kappa shape index (κ3) is 3.97. The Morgan fingerprint density at radius 1 is 1.26 bits per heavy atom. The number of nitrogens with two attached hydrogens (primary N) is 1. The van der Waals surface area contributed by atoms with Gasteiger partial charge in [0.05, 0.1) is 17.6 Å². The fourth-order valence-electron chi connectivity index (χ4n) is 1.66. The molecular weight excluding hydrogens is 279 g/mol. The topological polar surface area (TPSA) is 43.8 Å². The first-order chi connectivity index (χ1) is 8.49. The Morgan fingerprint density at radius 3 is 2.58 bits per heavy atom. The van der Waals surface area contributed by atoms with Crippen LogP contribution in [-0.4, -0.2) is 9.55 Å². The maximum absolute atomic E-state index is 12.5. The summed E-state index contributed by atoms with van der Waals surface area (Å²) in [6, 6.07) is 5.25. The predicted octanol–water partition coefficient (Wildman–Crippen LogP) is 2.83. The zero-order valence-corrected chi connectivity index (χ0v) is 10.7. The van der Waals surface area contributed by atoms with Crippen LogP contribution in [0.5, 0.6) is 0 Å². The quantitative estimate of drug-likeness (QED) is 0.945. The number of rotatable bonds is 3. The zero-order chi connectivity index (χ0) is 13.2. The molecule has 2 aromatic rings. The highest BCUT2D eigenvalue weighted by Gasteiger charge is 2.30. The summed E-state index contributed by atoms with van der Waals surface area (Å²) in [4.78, 5) is 4.02. The van der Waals surface area contributed by atoms with Crippen molar-refractivity contribution in [3.63, 3.8) is 0 Å². The van der Waals surface area contributed by atoms with Crippen molar-refractivity contribution >= 4 is 12.4 Å². The van der Waals surface area contributed by atoms with Crippen LogP contribution in [0.15, 0.2) is 36.8 Å². The molecule has 0 atom stereocenters. The molecule has 1 aromatic heterocycles. The van der Waals surface area contributed by atoms with Gasteiger partial charge in [0.1, 0.15) is 0 Å². The van der Waals surface area contributed by atoms with Crippen molar-refractivity contribution in [2.45, 2.75) is 19.3 Å². The van der Waals surface area contributed by atoms with Crippen molar-refractivity contribution in [2.24, 2.45) is 5.73 Å². The Hall–Kier alpha value is -1.53. The molecule has 0 aliphatic rings. The van der Waals surface area contributed by atoms with Crippen molar-refractivity contribution in [2.75, 3.05) is 0 Å². The van der Waals surface area contributed by atoms with E-state index < -0.39 is 11.7 Å². The standard InChI is InChI=1S/C12H12F3N3.ClH/c13-12(14,15)10-3-1-2-9(4-10)6-18-7-11(5-16)17-8-18;/h1-4,7-8H,5-6,16H2;1H. The molecule has 1 aromatic carbocycles. The lowest BCUT2D eigenvalue weighted by molar-refractivity contribution is -0.137. The monoisotopic (exact) mass is 291 g/mol. The lowest BCUT2D eigenvalue weighted by Crippen LogP contribution is -2.06. The van der Waals surface area contributed by atoms with Crippen LogP contribution in [0.25, 0.3) is 0 Å². The summed E-state index contributed by atoms with van der Waals surface area (Å²) in [5.41, 5.74) is 6.06. The number of halogens is 4. The van der Waals surface area contributed by atoms with Gasteiger partial charge in [-0.15, -0.1) is 12.4 Å². The number of hydrogen-bond acceptors (Lipinski definition) is 2. The highest BCUT2D eigenvalue weighted by Crippen LogP contribution is 2.29. The largest absolute Gasteiger partial charge is 0.416 e. The number of hydrogen-bond donors (Lipinski definition) is 1. The molecule has 0 radical (unpaired) electrons. The fourth-order valence-corrected chi connectivity index (χ4v) is 1.66. The minimum atomic E-state index is -4.31. The van der Waals surface area contributed by atoms with Crippen LogP contribution in [0.1, 0.15) is 16.8 Å². The van der Waals surface area contributed by atoms with E-state index >= 15 is 0 Å². The molecule has 2 N–H and O–H groups in total. The first-order valence-electron chi connectivity index (χ1n) is 5.36. The number of nitrogens with zero attached hydrogens (tertiary/aromatic N) is 2. The number of aromatic nitrogens is 2. The van der Waals surface area contributed by atoms with E-state index in [9.17, 15) is 13.2 Å². The summed E-state index contributed by atoms with van der Waals surface area (Å²) in [5.74, 6) is 0. The minimum Gasteiger partial charge on any atom is -0.333 e. The average molecular weight is 292 g/mol. The Labute approximate surface area is 114 Å². The number of alkyl halides is 3.